The molecule has 0 aliphatic heterocycles. The van der Waals surface area contributed by atoms with Crippen LogP contribution < -0.4 is 0 Å². The summed E-state index contributed by atoms with van der Waals surface area (Å²) < 4.78 is -0.990. The molecule has 4 heteroatoms. The van der Waals surface area contributed by atoms with Gasteiger partial charge in [0.2, 0.25) is 0 Å². The third-order valence-electron chi connectivity index (χ3n) is 2.65. The first-order chi connectivity index (χ1) is 6.03. The molecule has 0 spiro atoms. The van der Waals surface area contributed by atoms with Crippen LogP contribution in [-0.2, 0) is 4.79 Å². The molecule has 2 aliphatic carbocycles. The Balaban J connectivity index is 2.28. The highest BCUT2D eigenvalue weighted by Crippen LogP contribution is 2.60. The lowest BCUT2D eigenvalue weighted by molar-refractivity contribution is -0.131. The quantitative estimate of drug-likeness (QED) is 0.417. The number of halogens is 2. The molecular formula is C9H8Cl2O2. The van der Waals surface area contributed by atoms with Crippen molar-refractivity contribution < 1.29 is 9.90 Å². The molecule has 2 nitrogen and oxygen atoms in total. The SMILES string of the molecule is O=C(O)/C=C1/C2CC=CC2C1(Cl)Cl. The number of hydrogen-bond donors (Lipinski definition) is 1. The highest BCUT2D eigenvalue weighted by atomic mass is 35.5. The lowest BCUT2D eigenvalue weighted by atomic mass is 9.70. The van der Waals surface area contributed by atoms with E-state index in [1.165, 1.54) is 0 Å². The van der Waals surface area contributed by atoms with Gasteiger partial charge in [-0.05, 0) is 17.9 Å². The van der Waals surface area contributed by atoms with Crippen LogP contribution in [0.15, 0.2) is 23.8 Å². The van der Waals surface area contributed by atoms with Crippen molar-refractivity contribution >= 4 is 29.2 Å². The van der Waals surface area contributed by atoms with E-state index in [0.717, 1.165) is 12.5 Å². The van der Waals surface area contributed by atoms with Crippen molar-refractivity contribution in [1.82, 2.24) is 0 Å². The van der Waals surface area contributed by atoms with Crippen LogP contribution in [0, 0.1) is 11.8 Å². The Morgan fingerprint density at radius 2 is 2.38 bits per heavy atom. The molecule has 1 fully saturated rings. The molecule has 0 bridgehead atoms. The van der Waals surface area contributed by atoms with Crippen LogP contribution in [0.5, 0.6) is 0 Å². The fourth-order valence-electron chi connectivity index (χ4n) is 2.03. The van der Waals surface area contributed by atoms with Gasteiger partial charge in [-0.15, -0.1) is 0 Å². The van der Waals surface area contributed by atoms with Gasteiger partial charge in [0.25, 0.3) is 0 Å². The largest absolute Gasteiger partial charge is 0.478 e. The number of carbonyl (C=O) groups is 1. The molecule has 70 valence electrons. The van der Waals surface area contributed by atoms with Crippen molar-refractivity contribution in [3.05, 3.63) is 23.8 Å². The van der Waals surface area contributed by atoms with Crippen molar-refractivity contribution in [2.75, 3.05) is 0 Å². The third kappa shape index (κ3) is 1.20. The van der Waals surface area contributed by atoms with Crippen molar-refractivity contribution in [1.29, 1.82) is 0 Å². The zero-order valence-electron chi connectivity index (χ0n) is 6.71. The van der Waals surface area contributed by atoms with E-state index in [2.05, 4.69) is 0 Å². The van der Waals surface area contributed by atoms with Gasteiger partial charge < -0.3 is 5.11 Å². The molecule has 2 atom stereocenters. The van der Waals surface area contributed by atoms with Crippen LogP contribution in [0.1, 0.15) is 6.42 Å². The maximum atomic E-state index is 10.5. The maximum Gasteiger partial charge on any atom is 0.328 e. The minimum atomic E-state index is -0.990. The summed E-state index contributed by atoms with van der Waals surface area (Å²) >= 11 is 12.0. The zero-order chi connectivity index (χ0) is 9.64. The number of fused-ring (bicyclic) bond motifs is 1. The summed E-state index contributed by atoms with van der Waals surface area (Å²) in [6, 6.07) is 0. The average Bonchev–Trinajstić information content (AvgIpc) is 2.45. The van der Waals surface area contributed by atoms with E-state index < -0.39 is 10.3 Å². The first kappa shape index (κ1) is 9.10. The van der Waals surface area contributed by atoms with Gasteiger partial charge in [-0.2, -0.15) is 0 Å². The topological polar surface area (TPSA) is 37.3 Å². The molecule has 2 aliphatic rings. The smallest absolute Gasteiger partial charge is 0.328 e. The number of hydrogen-bond acceptors (Lipinski definition) is 1. The molecule has 0 saturated heterocycles. The summed E-state index contributed by atoms with van der Waals surface area (Å²) in [5.74, 6) is -0.668. The monoisotopic (exact) mass is 218 g/mol. The number of alkyl halides is 2. The molecule has 2 unspecified atom stereocenters. The predicted octanol–water partition coefficient (Wildman–Crippen LogP) is 2.38. The highest BCUT2D eigenvalue weighted by molar-refractivity contribution is 6.52. The summed E-state index contributed by atoms with van der Waals surface area (Å²) in [4.78, 5) is 10.5. The second-order valence-electron chi connectivity index (χ2n) is 3.36. The van der Waals surface area contributed by atoms with E-state index in [0.29, 0.717) is 5.57 Å². The summed E-state index contributed by atoms with van der Waals surface area (Å²) in [5, 5.41) is 8.59. The molecular weight excluding hydrogens is 211 g/mol. The zero-order valence-corrected chi connectivity index (χ0v) is 8.22. The van der Waals surface area contributed by atoms with Crippen LogP contribution in [0.2, 0.25) is 0 Å². The van der Waals surface area contributed by atoms with Crippen molar-refractivity contribution in [2.24, 2.45) is 11.8 Å². The number of carboxylic acid groups (broad SMARTS) is 1. The van der Waals surface area contributed by atoms with Gasteiger partial charge in [0.15, 0.2) is 0 Å². The molecule has 0 amide bonds. The van der Waals surface area contributed by atoms with Gasteiger partial charge in [-0.3, -0.25) is 0 Å². The van der Waals surface area contributed by atoms with Crippen LogP contribution >= 0.6 is 23.2 Å². The van der Waals surface area contributed by atoms with Gasteiger partial charge in [-0.1, -0.05) is 35.4 Å². The third-order valence-corrected chi connectivity index (χ3v) is 3.59. The average molecular weight is 219 g/mol. The van der Waals surface area contributed by atoms with Gasteiger partial charge in [0, 0.05) is 12.0 Å². The van der Waals surface area contributed by atoms with E-state index in [-0.39, 0.29) is 11.8 Å². The summed E-state index contributed by atoms with van der Waals surface area (Å²) in [6.07, 6.45) is 5.94. The van der Waals surface area contributed by atoms with Crippen LogP contribution in [0.4, 0.5) is 0 Å². The normalized spacial score (nSPS) is 37.2. The Kier molecular flexibility index (Phi) is 1.93. The number of allylic oxidation sites excluding steroid dienone is 3. The van der Waals surface area contributed by atoms with Crippen LogP contribution in [0.25, 0.3) is 0 Å². The highest BCUT2D eigenvalue weighted by Gasteiger charge is 2.56. The second-order valence-corrected chi connectivity index (χ2v) is 4.74. The molecule has 2 rings (SSSR count). The van der Waals surface area contributed by atoms with Crippen LogP contribution in [0.3, 0.4) is 0 Å². The Hall–Kier alpha value is -0.470. The van der Waals surface area contributed by atoms with Gasteiger partial charge in [0.05, 0.1) is 0 Å². The number of rotatable bonds is 1. The Bertz CT molecular complexity index is 318. The van der Waals surface area contributed by atoms with Crippen molar-refractivity contribution in [3.8, 4) is 0 Å². The molecule has 0 heterocycles. The second kappa shape index (κ2) is 2.76. The first-order valence-electron chi connectivity index (χ1n) is 4.03. The molecule has 1 N–H and O–H groups in total. The van der Waals surface area contributed by atoms with Gasteiger partial charge in [-0.25, -0.2) is 4.79 Å². The number of carboxylic acids is 1. The first-order valence-corrected chi connectivity index (χ1v) is 4.78. The number of aliphatic carboxylic acids is 1. The maximum absolute atomic E-state index is 10.5. The molecule has 1 saturated carbocycles. The molecule has 0 aromatic carbocycles. The minimum Gasteiger partial charge on any atom is -0.478 e. The Morgan fingerprint density at radius 3 is 3.00 bits per heavy atom. The fourth-order valence-corrected chi connectivity index (χ4v) is 2.87. The standard InChI is InChI=1S/C9H8Cl2O2/c10-9(11)6-3-1-2-5(6)7(9)4-8(12)13/h1,3-6H,2H2,(H,12,13)/b7-4-. The molecule has 0 aromatic rings. The van der Waals surface area contributed by atoms with E-state index in [1.807, 2.05) is 12.2 Å². The van der Waals surface area contributed by atoms with E-state index in [4.69, 9.17) is 28.3 Å². The van der Waals surface area contributed by atoms with E-state index in [9.17, 15) is 4.79 Å². The lowest BCUT2D eigenvalue weighted by Gasteiger charge is -2.46. The van der Waals surface area contributed by atoms with Gasteiger partial charge in [0.1, 0.15) is 4.33 Å². The van der Waals surface area contributed by atoms with Crippen molar-refractivity contribution in [2.45, 2.75) is 10.8 Å². The Morgan fingerprint density at radius 1 is 1.69 bits per heavy atom. The Labute approximate surface area is 85.8 Å². The van der Waals surface area contributed by atoms with E-state index in [1.54, 1.807) is 0 Å². The summed E-state index contributed by atoms with van der Waals surface area (Å²) in [5.41, 5.74) is 0.637. The fraction of sp³-hybridized carbons (Fsp3) is 0.444. The van der Waals surface area contributed by atoms with Crippen molar-refractivity contribution in [3.63, 3.8) is 0 Å². The predicted molar refractivity (Wildman–Crippen MR) is 50.9 cm³/mol. The minimum absolute atomic E-state index is 0.0985. The van der Waals surface area contributed by atoms with E-state index >= 15 is 0 Å². The van der Waals surface area contributed by atoms with Crippen LogP contribution in [-0.4, -0.2) is 15.4 Å². The van der Waals surface area contributed by atoms with Gasteiger partial charge >= 0.3 is 5.97 Å². The summed E-state index contributed by atoms with van der Waals surface area (Å²) in [7, 11) is 0. The summed E-state index contributed by atoms with van der Waals surface area (Å²) in [6.45, 7) is 0. The molecule has 0 radical (unpaired) electrons. The lowest BCUT2D eigenvalue weighted by Crippen LogP contribution is -2.45. The molecule has 0 aromatic heterocycles. The molecule has 13 heavy (non-hydrogen) atoms.